The molecule has 2 heterocycles. The van der Waals surface area contributed by atoms with E-state index >= 15 is 0 Å². The first-order chi connectivity index (χ1) is 20.6. The summed E-state index contributed by atoms with van der Waals surface area (Å²) in [6.45, 7) is -1.10. The smallest absolute Gasteiger partial charge is 0.255 e. The number of amides is 2. The lowest BCUT2D eigenvalue weighted by Crippen LogP contribution is -2.37. The minimum Gasteiger partial charge on any atom is -0.455 e. The van der Waals surface area contributed by atoms with Crippen molar-refractivity contribution in [3.63, 3.8) is 0 Å². The van der Waals surface area contributed by atoms with Gasteiger partial charge < -0.3 is 19.7 Å². The van der Waals surface area contributed by atoms with Crippen molar-refractivity contribution in [2.45, 2.75) is 18.9 Å². The van der Waals surface area contributed by atoms with Crippen LogP contribution in [0.5, 0.6) is 0 Å². The molecule has 1 aliphatic rings. The zero-order valence-corrected chi connectivity index (χ0v) is 24.5. The lowest BCUT2D eigenvalue weighted by molar-refractivity contribution is 0.0677. The van der Waals surface area contributed by atoms with Crippen molar-refractivity contribution in [2.75, 3.05) is 44.0 Å². The molecule has 12 heteroatoms. The molecule has 226 valence electrons. The van der Waals surface area contributed by atoms with Crippen molar-refractivity contribution in [3.8, 4) is 22.5 Å². The summed E-state index contributed by atoms with van der Waals surface area (Å²) in [6, 6.07) is 14.7. The third kappa shape index (κ3) is 5.84. The van der Waals surface area contributed by atoms with Gasteiger partial charge >= 0.3 is 0 Å². The maximum atomic E-state index is 13.7. The normalized spacial score (nSPS) is 15.2. The van der Waals surface area contributed by atoms with E-state index in [-0.39, 0.29) is 41.2 Å². The first-order valence-electron chi connectivity index (χ1n) is 13.7. The number of benzene rings is 3. The molecule has 0 unspecified atom stereocenters. The molecule has 43 heavy (non-hydrogen) atoms. The number of aliphatic hydroxyl groups excluding tert-OH is 1. The van der Waals surface area contributed by atoms with Crippen LogP contribution in [-0.2, 0) is 10.0 Å². The van der Waals surface area contributed by atoms with E-state index < -0.39 is 35.0 Å². The van der Waals surface area contributed by atoms with Crippen LogP contribution < -0.4 is 9.62 Å². The minimum atomic E-state index is -3.98. The molecule has 1 fully saturated rings. The van der Waals surface area contributed by atoms with Crippen LogP contribution in [0.25, 0.3) is 33.4 Å². The second-order valence-electron chi connectivity index (χ2n) is 10.3. The van der Waals surface area contributed by atoms with Gasteiger partial charge in [0.1, 0.15) is 23.8 Å². The van der Waals surface area contributed by atoms with Gasteiger partial charge in [-0.2, -0.15) is 0 Å². The second-order valence-corrected chi connectivity index (χ2v) is 12.2. The maximum absolute atomic E-state index is 13.7. The zero-order chi connectivity index (χ0) is 30.9. The first kappa shape index (κ1) is 30.2. The molecule has 5 rings (SSSR count). The predicted octanol–water partition coefficient (Wildman–Crippen LogP) is 4.60. The predicted molar refractivity (Wildman–Crippen MR) is 160 cm³/mol. The summed E-state index contributed by atoms with van der Waals surface area (Å²) in [5, 5.41) is 12.7. The topological polar surface area (TPSA) is 120 Å². The summed E-state index contributed by atoms with van der Waals surface area (Å²) in [5.41, 5.74) is 1.89. The van der Waals surface area contributed by atoms with Gasteiger partial charge in [0.2, 0.25) is 10.0 Å². The van der Waals surface area contributed by atoms with Gasteiger partial charge in [0, 0.05) is 41.7 Å². The molecule has 9 nitrogen and oxygen atoms in total. The SMILES string of the molecule is CNC(=O)c1c(-c2ccc(F)cc2)oc2cc(N(CCF)S(C)(=O)=O)c(-c3cccc(C(=O)N4CCC[C@H]4CO)c3)cc12. The number of aliphatic hydroxyl groups is 1. The summed E-state index contributed by atoms with van der Waals surface area (Å²) in [5.74, 6) is -1.11. The van der Waals surface area contributed by atoms with Crippen LogP contribution in [0.1, 0.15) is 33.6 Å². The molecule has 1 aromatic heterocycles. The number of likely N-dealkylation sites (tertiary alicyclic amines) is 1. The average Bonchev–Trinajstić information content (AvgIpc) is 3.63. The highest BCUT2D eigenvalue weighted by Gasteiger charge is 2.30. The molecular formula is C31H31F2N3O6S. The van der Waals surface area contributed by atoms with E-state index in [2.05, 4.69) is 5.32 Å². The van der Waals surface area contributed by atoms with Crippen molar-refractivity contribution < 1.29 is 36.3 Å². The Morgan fingerprint density at radius 3 is 2.51 bits per heavy atom. The van der Waals surface area contributed by atoms with E-state index in [1.807, 2.05) is 0 Å². The summed E-state index contributed by atoms with van der Waals surface area (Å²) < 4.78 is 60.2. The first-order valence-corrected chi connectivity index (χ1v) is 15.6. The third-order valence-corrected chi connectivity index (χ3v) is 8.77. The van der Waals surface area contributed by atoms with E-state index in [4.69, 9.17) is 4.42 Å². The molecule has 0 aliphatic carbocycles. The maximum Gasteiger partial charge on any atom is 0.255 e. The van der Waals surface area contributed by atoms with Gasteiger partial charge in [0.15, 0.2) is 0 Å². The Hall–Kier alpha value is -4.29. The number of alkyl halides is 1. The van der Waals surface area contributed by atoms with Gasteiger partial charge in [-0.15, -0.1) is 0 Å². The highest BCUT2D eigenvalue weighted by molar-refractivity contribution is 7.92. The Morgan fingerprint density at radius 2 is 1.86 bits per heavy atom. The van der Waals surface area contributed by atoms with Gasteiger partial charge in [-0.1, -0.05) is 12.1 Å². The summed E-state index contributed by atoms with van der Waals surface area (Å²) in [4.78, 5) is 28.2. The average molecular weight is 612 g/mol. The highest BCUT2D eigenvalue weighted by atomic mass is 32.2. The number of fused-ring (bicyclic) bond motifs is 1. The number of sulfonamides is 1. The van der Waals surface area contributed by atoms with E-state index in [0.29, 0.717) is 40.6 Å². The monoisotopic (exact) mass is 611 g/mol. The van der Waals surface area contributed by atoms with Gasteiger partial charge in [-0.3, -0.25) is 13.9 Å². The summed E-state index contributed by atoms with van der Waals surface area (Å²) in [7, 11) is -2.53. The lowest BCUT2D eigenvalue weighted by atomic mass is 9.97. The van der Waals surface area contributed by atoms with Crippen LogP contribution in [0.4, 0.5) is 14.5 Å². The Labute approximate surface area is 247 Å². The molecule has 0 bridgehead atoms. The van der Waals surface area contributed by atoms with Crippen molar-refractivity contribution in [2.24, 2.45) is 0 Å². The van der Waals surface area contributed by atoms with Crippen LogP contribution in [0.3, 0.4) is 0 Å². The molecule has 0 spiro atoms. The van der Waals surface area contributed by atoms with E-state index in [1.54, 1.807) is 35.2 Å². The van der Waals surface area contributed by atoms with Crippen molar-refractivity contribution in [1.29, 1.82) is 0 Å². The van der Waals surface area contributed by atoms with Crippen molar-refractivity contribution in [1.82, 2.24) is 10.2 Å². The molecule has 1 atom stereocenters. The Kier molecular flexibility index (Phi) is 8.52. The van der Waals surface area contributed by atoms with Gasteiger partial charge in [-0.25, -0.2) is 17.2 Å². The molecule has 0 radical (unpaired) electrons. The molecule has 1 aliphatic heterocycles. The fourth-order valence-electron chi connectivity index (χ4n) is 5.54. The second kappa shape index (κ2) is 12.1. The Balaban J connectivity index is 1.76. The van der Waals surface area contributed by atoms with Crippen LogP contribution in [0.2, 0.25) is 0 Å². The Bertz CT molecular complexity index is 1790. The lowest BCUT2D eigenvalue weighted by Gasteiger charge is -2.25. The van der Waals surface area contributed by atoms with Crippen LogP contribution in [-0.4, -0.2) is 76.0 Å². The number of furan rings is 1. The van der Waals surface area contributed by atoms with E-state index in [0.717, 1.165) is 17.0 Å². The Morgan fingerprint density at radius 1 is 1.12 bits per heavy atom. The molecule has 0 saturated carbocycles. The van der Waals surface area contributed by atoms with Gasteiger partial charge in [0.05, 0.1) is 36.7 Å². The number of carbonyl (C=O) groups excluding carboxylic acids is 2. The third-order valence-electron chi connectivity index (χ3n) is 7.59. The number of carbonyl (C=O) groups is 2. The summed E-state index contributed by atoms with van der Waals surface area (Å²) in [6.07, 6.45) is 2.42. The molecule has 2 N–H and O–H groups in total. The molecule has 1 saturated heterocycles. The number of nitrogens with zero attached hydrogens (tertiary/aromatic N) is 2. The molecule has 3 aromatic carbocycles. The number of halogens is 2. The van der Waals surface area contributed by atoms with Crippen LogP contribution >= 0.6 is 0 Å². The van der Waals surface area contributed by atoms with Crippen LogP contribution in [0.15, 0.2) is 65.1 Å². The number of rotatable bonds is 9. The van der Waals surface area contributed by atoms with Crippen molar-refractivity contribution >= 4 is 38.5 Å². The molecule has 2 amide bonds. The fourth-order valence-corrected chi connectivity index (χ4v) is 6.45. The van der Waals surface area contributed by atoms with Crippen LogP contribution in [0, 0.1) is 5.82 Å². The molecular weight excluding hydrogens is 580 g/mol. The van der Waals surface area contributed by atoms with E-state index in [9.17, 15) is 31.9 Å². The number of nitrogens with one attached hydrogen (secondary N) is 1. The number of hydrogen-bond acceptors (Lipinski definition) is 6. The quantitative estimate of drug-likeness (QED) is 0.286. The molecule has 4 aromatic rings. The standard InChI is InChI=1S/C31H31F2N3O6S/c1-34-30(38)28-25-16-24(20-5-3-6-21(15-20)31(39)35-13-4-7-23(35)18-37)26(36(14-12-32)43(2,40)41)17-27(25)42-29(28)19-8-10-22(33)11-9-19/h3,5-6,8-11,15-17,23,37H,4,7,12-14,18H2,1-2H3,(H,34,38)/t23-/m0/s1. The number of anilines is 1. The van der Waals surface area contributed by atoms with Crippen molar-refractivity contribution in [3.05, 3.63) is 77.6 Å². The minimum absolute atomic E-state index is 0.0921. The van der Waals surface area contributed by atoms with Gasteiger partial charge in [0.25, 0.3) is 11.8 Å². The fraction of sp³-hybridized carbons (Fsp3) is 0.290. The van der Waals surface area contributed by atoms with Gasteiger partial charge in [-0.05, 0) is 60.9 Å². The highest BCUT2D eigenvalue weighted by Crippen LogP contribution is 2.42. The number of hydrogen-bond donors (Lipinski definition) is 2. The van der Waals surface area contributed by atoms with E-state index in [1.165, 1.54) is 37.4 Å². The largest absolute Gasteiger partial charge is 0.455 e. The zero-order valence-electron chi connectivity index (χ0n) is 23.6. The summed E-state index contributed by atoms with van der Waals surface area (Å²) >= 11 is 0.